The molecule has 0 radical (unpaired) electrons. The molecule has 0 bridgehead atoms. The lowest BCUT2D eigenvalue weighted by atomic mass is 9.80. The molecule has 0 fully saturated rings. The number of methoxy groups -OCH3 is 1. The fraction of sp³-hybridized carbons (Fsp3) is 0.500. The molecule has 2 heteroatoms. The van der Waals surface area contributed by atoms with Crippen molar-refractivity contribution >= 4 is 0 Å². The fourth-order valence-corrected chi connectivity index (χ4v) is 1.84. The smallest absolute Gasteiger partial charge is 0.123 e. The van der Waals surface area contributed by atoms with Crippen molar-refractivity contribution in [3.63, 3.8) is 0 Å². The van der Waals surface area contributed by atoms with Crippen LogP contribution in [0.2, 0.25) is 0 Å². The maximum Gasteiger partial charge on any atom is 0.123 e. The second-order valence-corrected chi connectivity index (χ2v) is 4.34. The molecule has 1 aromatic rings. The van der Waals surface area contributed by atoms with Crippen molar-refractivity contribution in [1.82, 2.24) is 0 Å². The summed E-state index contributed by atoms with van der Waals surface area (Å²) >= 11 is 0. The monoisotopic (exact) mass is 192 g/mol. The Morgan fingerprint density at radius 1 is 1.36 bits per heavy atom. The standard InChI is InChI=1S/C12H16O2/c1-12(2)6-7-14-11-5-4-9(13-3)8-10(11)12/h4-5,8H,6-7H2,1-3H3. The van der Waals surface area contributed by atoms with E-state index in [1.165, 1.54) is 5.56 Å². The van der Waals surface area contributed by atoms with Crippen molar-refractivity contribution < 1.29 is 9.47 Å². The minimum Gasteiger partial charge on any atom is -0.497 e. The Kier molecular flexibility index (Phi) is 2.14. The summed E-state index contributed by atoms with van der Waals surface area (Å²) in [5, 5.41) is 0. The summed E-state index contributed by atoms with van der Waals surface area (Å²) in [5.41, 5.74) is 1.45. The summed E-state index contributed by atoms with van der Waals surface area (Å²) in [4.78, 5) is 0. The molecular formula is C12H16O2. The molecule has 0 N–H and O–H groups in total. The second-order valence-electron chi connectivity index (χ2n) is 4.34. The van der Waals surface area contributed by atoms with Gasteiger partial charge in [-0.2, -0.15) is 0 Å². The third-order valence-corrected chi connectivity index (χ3v) is 2.90. The van der Waals surface area contributed by atoms with E-state index in [-0.39, 0.29) is 5.41 Å². The van der Waals surface area contributed by atoms with Crippen LogP contribution in [0, 0.1) is 0 Å². The van der Waals surface area contributed by atoms with Crippen LogP contribution in [0.5, 0.6) is 11.5 Å². The van der Waals surface area contributed by atoms with Gasteiger partial charge in [0.25, 0.3) is 0 Å². The second kappa shape index (κ2) is 3.19. The van der Waals surface area contributed by atoms with Gasteiger partial charge < -0.3 is 9.47 Å². The molecule has 0 saturated heterocycles. The molecular weight excluding hydrogens is 176 g/mol. The van der Waals surface area contributed by atoms with Gasteiger partial charge in [0.2, 0.25) is 0 Å². The van der Waals surface area contributed by atoms with Crippen LogP contribution in [0.25, 0.3) is 0 Å². The molecule has 1 aliphatic rings. The van der Waals surface area contributed by atoms with E-state index in [1.54, 1.807) is 7.11 Å². The highest BCUT2D eigenvalue weighted by Gasteiger charge is 2.28. The molecule has 76 valence electrons. The lowest BCUT2D eigenvalue weighted by Crippen LogP contribution is -2.26. The molecule has 0 saturated carbocycles. The van der Waals surface area contributed by atoms with Crippen molar-refractivity contribution in [2.45, 2.75) is 25.7 Å². The Bertz CT molecular complexity index is 342. The topological polar surface area (TPSA) is 18.5 Å². The molecule has 2 nitrogen and oxygen atoms in total. The maximum atomic E-state index is 5.60. The van der Waals surface area contributed by atoms with Gasteiger partial charge in [0.05, 0.1) is 13.7 Å². The quantitative estimate of drug-likeness (QED) is 0.681. The van der Waals surface area contributed by atoms with Gasteiger partial charge in [-0.25, -0.2) is 0 Å². The van der Waals surface area contributed by atoms with Gasteiger partial charge in [-0.05, 0) is 30.0 Å². The van der Waals surface area contributed by atoms with Crippen LogP contribution < -0.4 is 9.47 Å². The van der Waals surface area contributed by atoms with Gasteiger partial charge in [-0.15, -0.1) is 0 Å². The minimum atomic E-state index is 0.197. The fourth-order valence-electron chi connectivity index (χ4n) is 1.84. The first-order valence-electron chi connectivity index (χ1n) is 4.95. The average Bonchev–Trinajstić information content (AvgIpc) is 2.17. The third kappa shape index (κ3) is 1.45. The van der Waals surface area contributed by atoms with Crippen LogP contribution in [0.1, 0.15) is 25.8 Å². The van der Waals surface area contributed by atoms with Crippen LogP contribution in [-0.4, -0.2) is 13.7 Å². The molecule has 0 unspecified atom stereocenters. The highest BCUT2D eigenvalue weighted by Crippen LogP contribution is 2.39. The zero-order valence-corrected chi connectivity index (χ0v) is 8.96. The van der Waals surface area contributed by atoms with Crippen molar-refractivity contribution in [3.05, 3.63) is 23.8 Å². The predicted octanol–water partition coefficient (Wildman–Crippen LogP) is 2.76. The van der Waals surface area contributed by atoms with Crippen molar-refractivity contribution in [2.75, 3.05) is 13.7 Å². The number of ether oxygens (including phenoxy) is 2. The highest BCUT2D eigenvalue weighted by atomic mass is 16.5. The zero-order valence-electron chi connectivity index (χ0n) is 8.96. The summed E-state index contributed by atoms with van der Waals surface area (Å²) in [6, 6.07) is 6.02. The van der Waals surface area contributed by atoms with Gasteiger partial charge in [0.1, 0.15) is 11.5 Å². The molecule has 1 heterocycles. The Labute approximate surface area is 84.8 Å². The van der Waals surface area contributed by atoms with Gasteiger partial charge >= 0.3 is 0 Å². The molecule has 2 rings (SSSR count). The van der Waals surface area contributed by atoms with E-state index in [0.717, 1.165) is 24.5 Å². The van der Waals surface area contributed by atoms with Crippen LogP contribution in [-0.2, 0) is 5.41 Å². The molecule has 1 aromatic carbocycles. The van der Waals surface area contributed by atoms with Gasteiger partial charge in [0, 0.05) is 5.56 Å². The summed E-state index contributed by atoms with van der Waals surface area (Å²) < 4.78 is 10.8. The summed E-state index contributed by atoms with van der Waals surface area (Å²) in [5.74, 6) is 1.91. The Morgan fingerprint density at radius 3 is 2.86 bits per heavy atom. The Hall–Kier alpha value is -1.18. The van der Waals surface area contributed by atoms with E-state index < -0.39 is 0 Å². The number of benzene rings is 1. The van der Waals surface area contributed by atoms with Crippen LogP contribution in [0.15, 0.2) is 18.2 Å². The molecule has 0 amide bonds. The van der Waals surface area contributed by atoms with Gasteiger partial charge in [0.15, 0.2) is 0 Å². The zero-order chi connectivity index (χ0) is 10.2. The molecule has 0 atom stereocenters. The van der Waals surface area contributed by atoms with Crippen LogP contribution >= 0.6 is 0 Å². The Morgan fingerprint density at radius 2 is 2.14 bits per heavy atom. The maximum absolute atomic E-state index is 5.60. The summed E-state index contributed by atoms with van der Waals surface area (Å²) in [6.07, 6.45) is 1.06. The molecule has 1 aliphatic heterocycles. The van der Waals surface area contributed by atoms with Crippen LogP contribution in [0.3, 0.4) is 0 Å². The van der Waals surface area contributed by atoms with E-state index >= 15 is 0 Å². The number of rotatable bonds is 1. The van der Waals surface area contributed by atoms with Crippen molar-refractivity contribution in [3.8, 4) is 11.5 Å². The molecule has 0 aromatic heterocycles. The molecule has 0 spiro atoms. The van der Waals surface area contributed by atoms with Gasteiger partial charge in [-0.3, -0.25) is 0 Å². The first-order valence-corrected chi connectivity index (χ1v) is 4.95. The van der Waals surface area contributed by atoms with Crippen LogP contribution in [0.4, 0.5) is 0 Å². The SMILES string of the molecule is COc1ccc2c(c1)C(C)(C)CCO2. The van der Waals surface area contributed by atoms with E-state index in [1.807, 2.05) is 12.1 Å². The number of fused-ring (bicyclic) bond motifs is 1. The molecule has 0 aliphatic carbocycles. The minimum absolute atomic E-state index is 0.197. The summed E-state index contributed by atoms with van der Waals surface area (Å²) in [7, 11) is 1.69. The predicted molar refractivity (Wildman–Crippen MR) is 56.1 cm³/mol. The number of hydrogen-bond acceptors (Lipinski definition) is 2. The van der Waals surface area contributed by atoms with E-state index in [0.29, 0.717) is 0 Å². The first-order chi connectivity index (χ1) is 6.63. The van der Waals surface area contributed by atoms with Gasteiger partial charge in [-0.1, -0.05) is 13.8 Å². The lowest BCUT2D eigenvalue weighted by Gasteiger charge is -2.32. The van der Waals surface area contributed by atoms with E-state index in [4.69, 9.17) is 9.47 Å². The lowest BCUT2D eigenvalue weighted by molar-refractivity contribution is 0.233. The average molecular weight is 192 g/mol. The summed E-state index contributed by atoms with van der Waals surface area (Å²) in [6.45, 7) is 5.30. The number of hydrogen-bond donors (Lipinski definition) is 0. The third-order valence-electron chi connectivity index (χ3n) is 2.90. The molecule has 14 heavy (non-hydrogen) atoms. The van der Waals surface area contributed by atoms with Crippen molar-refractivity contribution in [1.29, 1.82) is 0 Å². The first kappa shape index (κ1) is 9.38. The van der Waals surface area contributed by atoms with E-state index in [2.05, 4.69) is 19.9 Å². The normalized spacial score (nSPS) is 18.2. The van der Waals surface area contributed by atoms with E-state index in [9.17, 15) is 0 Å². The van der Waals surface area contributed by atoms with Crippen molar-refractivity contribution in [2.24, 2.45) is 0 Å². The largest absolute Gasteiger partial charge is 0.497 e. The highest BCUT2D eigenvalue weighted by molar-refractivity contribution is 5.45. The Balaban J connectivity index is 2.49.